The monoisotopic (exact) mass is 492 g/mol. The van der Waals surface area contributed by atoms with Crippen LogP contribution in [0, 0.1) is 13.8 Å². The van der Waals surface area contributed by atoms with Crippen molar-refractivity contribution in [3.05, 3.63) is 52.3 Å². The number of nitrogens with one attached hydrogen (secondary N) is 1. The van der Waals surface area contributed by atoms with Crippen molar-refractivity contribution in [2.24, 2.45) is 0 Å². The Hall–Kier alpha value is -2.81. The van der Waals surface area contributed by atoms with Crippen molar-refractivity contribution in [3.8, 4) is 11.5 Å². The SMILES string of the molecule is Cc1nc(C(O)(CNC(=O)c2ccc(OC3CC3)c(OC3CC3)c2)C(F)(F)F)cc(C(C)C)c1C. The molecule has 1 unspecified atom stereocenters. The van der Waals surface area contributed by atoms with Crippen LogP contribution in [-0.4, -0.2) is 40.9 Å². The molecule has 0 saturated heterocycles. The Morgan fingerprint density at radius 1 is 1.09 bits per heavy atom. The number of aliphatic hydroxyl groups is 1. The summed E-state index contributed by atoms with van der Waals surface area (Å²) in [6.45, 7) is 6.03. The summed E-state index contributed by atoms with van der Waals surface area (Å²) in [5.41, 5.74) is -1.95. The largest absolute Gasteiger partial charge is 0.487 e. The minimum absolute atomic E-state index is 0.0520. The normalized spacial score (nSPS) is 17.7. The fraction of sp³-hybridized carbons (Fsp3) is 0.538. The molecule has 6 nitrogen and oxygen atoms in total. The number of hydrogen-bond acceptors (Lipinski definition) is 5. The fourth-order valence-electron chi connectivity index (χ4n) is 3.79. The fourth-order valence-corrected chi connectivity index (χ4v) is 3.79. The molecule has 0 bridgehead atoms. The maximum Gasteiger partial charge on any atom is 0.424 e. The van der Waals surface area contributed by atoms with E-state index in [1.807, 2.05) is 13.8 Å². The molecule has 2 aliphatic rings. The van der Waals surface area contributed by atoms with Gasteiger partial charge >= 0.3 is 6.18 Å². The topological polar surface area (TPSA) is 80.7 Å². The summed E-state index contributed by atoms with van der Waals surface area (Å²) >= 11 is 0. The zero-order chi connectivity index (χ0) is 25.5. The van der Waals surface area contributed by atoms with Crippen molar-refractivity contribution in [3.63, 3.8) is 0 Å². The lowest BCUT2D eigenvalue weighted by Crippen LogP contribution is -2.51. The van der Waals surface area contributed by atoms with Crippen molar-refractivity contribution in [2.45, 2.75) is 83.3 Å². The van der Waals surface area contributed by atoms with Gasteiger partial charge in [0.25, 0.3) is 5.91 Å². The Balaban J connectivity index is 1.57. The summed E-state index contributed by atoms with van der Waals surface area (Å²) in [4.78, 5) is 16.9. The van der Waals surface area contributed by atoms with E-state index < -0.39 is 29.9 Å². The molecule has 0 spiro atoms. The Labute approximate surface area is 202 Å². The van der Waals surface area contributed by atoms with E-state index in [1.54, 1.807) is 19.9 Å². The molecule has 35 heavy (non-hydrogen) atoms. The van der Waals surface area contributed by atoms with Crippen molar-refractivity contribution >= 4 is 5.91 Å². The van der Waals surface area contributed by atoms with Crippen LogP contribution in [0.2, 0.25) is 0 Å². The number of amides is 1. The molecule has 2 aliphatic carbocycles. The maximum atomic E-state index is 14.1. The number of hydrogen-bond donors (Lipinski definition) is 2. The van der Waals surface area contributed by atoms with E-state index in [-0.39, 0.29) is 23.7 Å². The zero-order valence-corrected chi connectivity index (χ0v) is 20.3. The third kappa shape index (κ3) is 5.55. The molecule has 1 aromatic carbocycles. The van der Waals surface area contributed by atoms with Gasteiger partial charge in [-0.1, -0.05) is 13.8 Å². The van der Waals surface area contributed by atoms with Crippen LogP contribution in [-0.2, 0) is 5.60 Å². The van der Waals surface area contributed by atoms with E-state index in [4.69, 9.17) is 9.47 Å². The first-order valence-corrected chi connectivity index (χ1v) is 11.9. The van der Waals surface area contributed by atoms with Gasteiger partial charge in [0.15, 0.2) is 11.5 Å². The van der Waals surface area contributed by atoms with Crippen LogP contribution in [0.15, 0.2) is 24.3 Å². The van der Waals surface area contributed by atoms with Crippen LogP contribution in [0.1, 0.15) is 78.3 Å². The molecule has 1 heterocycles. The third-order valence-electron chi connectivity index (χ3n) is 6.42. The lowest BCUT2D eigenvalue weighted by atomic mass is 9.90. The number of rotatable bonds is 9. The van der Waals surface area contributed by atoms with Crippen LogP contribution >= 0.6 is 0 Å². The lowest BCUT2D eigenvalue weighted by molar-refractivity contribution is -0.265. The molecule has 1 amide bonds. The summed E-state index contributed by atoms with van der Waals surface area (Å²) in [5, 5.41) is 13.1. The van der Waals surface area contributed by atoms with Crippen LogP contribution in [0.25, 0.3) is 0 Å². The smallest absolute Gasteiger partial charge is 0.424 e. The van der Waals surface area contributed by atoms with Gasteiger partial charge in [-0.3, -0.25) is 9.78 Å². The summed E-state index contributed by atoms with van der Waals surface area (Å²) in [7, 11) is 0. The first-order chi connectivity index (χ1) is 16.4. The second kappa shape index (κ2) is 9.33. The number of aryl methyl sites for hydroxylation is 1. The highest BCUT2D eigenvalue weighted by molar-refractivity contribution is 5.95. The van der Waals surface area contributed by atoms with Gasteiger partial charge in [0.05, 0.1) is 24.4 Å². The maximum absolute atomic E-state index is 14.1. The average Bonchev–Trinajstić information content (AvgIpc) is 3.70. The highest BCUT2D eigenvalue weighted by Gasteiger charge is 2.56. The number of carbonyl (C=O) groups is 1. The average molecular weight is 493 g/mol. The van der Waals surface area contributed by atoms with Crippen LogP contribution in [0.4, 0.5) is 13.2 Å². The van der Waals surface area contributed by atoms with Crippen molar-refractivity contribution in [1.29, 1.82) is 0 Å². The Morgan fingerprint density at radius 2 is 1.69 bits per heavy atom. The Bertz CT molecular complexity index is 1110. The van der Waals surface area contributed by atoms with Gasteiger partial charge in [0.1, 0.15) is 0 Å². The molecule has 0 radical (unpaired) electrons. The molecule has 1 aromatic heterocycles. The molecule has 4 rings (SSSR count). The standard InChI is InChI=1S/C26H31F3N2O4/c1-14(2)20-12-23(31-16(4)15(20)3)25(33,26(27,28)29)13-30-24(32)17-5-10-21(34-18-6-7-18)22(11-17)35-19-8-9-19/h5,10-12,14,18-19,33H,6-9,13H2,1-4H3,(H,30,32). The Morgan fingerprint density at radius 3 is 2.23 bits per heavy atom. The van der Waals surface area contributed by atoms with Crippen LogP contribution < -0.4 is 14.8 Å². The van der Waals surface area contributed by atoms with Crippen LogP contribution in [0.3, 0.4) is 0 Å². The molecule has 2 fully saturated rings. The predicted molar refractivity (Wildman–Crippen MR) is 124 cm³/mol. The first kappa shape index (κ1) is 25.3. The van der Waals surface area contributed by atoms with E-state index >= 15 is 0 Å². The van der Waals surface area contributed by atoms with Gasteiger partial charge in [-0.2, -0.15) is 13.2 Å². The summed E-state index contributed by atoms with van der Waals surface area (Å²) < 4.78 is 54.1. The van der Waals surface area contributed by atoms with Gasteiger partial charge in [-0.25, -0.2) is 0 Å². The van der Waals surface area contributed by atoms with E-state index in [2.05, 4.69) is 10.3 Å². The van der Waals surface area contributed by atoms with Gasteiger partial charge in [0.2, 0.25) is 5.60 Å². The van der Waals surface area contributed by atoms with E-state index in [9.17, 15) is 23.1 Å². The number of pyridine rings is 1. The van der Waals surface area contributed by atoms with Crippen molar-refractivity contribution < 1.29 is 32.5 Å². The van der Waals surface area contributed by atoms with Gasteiger partial charge in [0, 0.05) is 11.3 Å². The number of carbonyl (C=O) groups excluding carboxylic acids is 1. The van der Waals surface area contributed by atoms with E-state index in [0.717, 1.165) is 31.2 Å². The number of alkyl halides is 3. The number of nitrogens with zero attached hydrogens (tertiary/aromatic N) is 1. The third-order valence-corrected chi connectivity index (χ3v) is 6.42. The highest BCUT2D eigenvalue weighted by Crippen LogP contribution is 2.40. The lowest BCUT2D eigenvalue weighted by Gasteiger charge is -2.31. The minimum atomic E-state index is -5.06. The molecular formula is C26H31F3N2O4. The number of ether oxygens (including phenoxy) is 2. The molecule has 2 aromatic rings. The molecule has 190 valence electrons. The van der Waals surface area contributed by atoms with Crippen molar-refractivity contribution in [2.75, 3.05) is 6.54 Å². The molecule has 0 aliphatic heterocycles. The number of benzene rings is 1. The van der Waals surface area contributed by atoms with Gasteiger partial charge in [-0.05, 0) is 80.8 Å². The zero-order valence-electron chi connectivity index (χ0n) is 20.3. The first-order valence-electron chi connectivity index (χ1n) is 11.9. The van der Waals surface area contributed by atoms with Gasteiger partial charge in [-0.15, -0.1) is 0 Å². The molecule has 9 heteroatoms. The summed E-state index contributed by atoms with van der Waals surface area (Å²) in [5.74, 6) is 0.0850. The Kier molecular flexibility index (Phi) is 6.74. The molecular weight excluding hydrogens is 461 g/mol. The van der Waals surface area contributed by atoms with E-state index in [1.165, 1.54) is 18.2 Å². The summed E-state index contributed by atoms with van der Waals surface area (Å²) in [6.07, 6.45) is -1.18. The van der Waals surface area contributed by atoms with Gasteiger partial charge < -0.3 is 19.9 Å². The minimum Gasteiger partial charge on any atom is -0.487 e. The highest BCUT2D eigenvalue weighted by atomic mass is 19.4. The molecule has 1 atom stereocenters. The summed E-state index contributed by atoms with van der Waals surface area (Å²) in [6, 6.07) is 5.83. The quantitative estimate of drug-likeness (QED) is 0.510. The molecule has 2 N–H and O–H groups in total. The number of aromatic nitrogens is 1. The van der Waals surface area contributed by atoms with E-state index in [0.29, 0.717) is 22.8 Å². The predicted octanol–water partition coefficient (Wildman–Crippen LogP) is 5.08. The second-order valence-corrected chi connectivity index (χ2v) is 9.80. The number of halogens is 3. The van der Waals surface area contributed by atoms with Crippen molar-refractivity contribution in [1.82, 2.24) is 10.3 Å². The second-order valence-electron chi connectivity index (χ2n) is 9.80. The molecule has 2 saturated carbocycles. The van der Waals surface area contributed by atoms with Crippen LogP contribution in [0.5, 0.6) is 11.5 Å².